The number of ether oxygens (including phenoxy) is 1. The molecule has 1 rings (SSSR count). The van der Waals surface area contributed by atoms with Gasteiger partial charge in [0, 0.05) is 11.6 Å². The smallest absolute Gasteiger partial charge is 0.328 e. The number of carboxylic acid groups (broad SMARTS) is 1. The van der Waals surface area contributed by atoms with E-state index < -0.39 is 19.0 Å². The summed E-state index contributed by atoms with van der Waals surface area (Å²) in [6, 6.07) is 4.85. The monoisotopic (exact) mass is 306 g/mol. The van der Waals surface area contributed by atoms with Crippen molar-refractivity contribution in [2.75, 3.05) is 6.61 Å². The van der Waals surface area contributed by atoms with Gasteiger partial charge < -0.3 is 9.84 Å². The Hall–Kier alpha value is -1.43. The van der Waals surface area contributed by atoms with Gasteiger partial charge in [0.25, 0.3) is 6.43 Å². The van der Waals surface area contributed by atoms with Crippen LogP contribution < -0.4 is 4.74 Å². The molecule has 0 saturated heterocycles. The summed E-state index contributed by atoms with van der Waals surface area (Å²) in [5, 5.41) is 8.49. The molecule has 3 nitrogen and oxygen atoms in total. The van der Waals surface area contributed by atoms with Crippen LogP contribution in [0.1, 0.15) is 5.56 Å². The van der Waals surface area contributed by atoms with Crippen molar-refractivity contribution in [1.29, 1.82) is 0 Å². The molecule has 0 amide bonds. The normalized spacial score (nSPS) is 11.1. The van der Waals surface area contributed by atoms with Gasteiger partial charge in [0.15, 0.2) is 0 Å². The molecule has 0 aliphatic heterocycles. The lowest BCUT2D eigenvalue weighted by Crippen LogP contribution is -2.08. The Labute approximate surface area is 105 Å². The van der Waals surface area contributed by atoms with Crippen LogP contribution in [0.2, 0.25) is 0 Å². The van der Waals surface area contributed by atoms with E-state index in [1.807, 2.05) is 0 Å². The fourth-order valence-electron chi connectivity index (χ4n) is 1.12. The van der Waals surface area contributed by atoms with Gasteiger partial charge in [0.05, 0.1) is 4.47 Å². The van der Waals surface area contributed by atoms with Crippen molar-refractivity contribution in [1.82, 2.24) is 0 Å². The predicted octanol–water partition coefficient (Wildman–Crippen LogP) is 3.19. The van der Waals surface area contributed by atoms with Gasteiger partial charge in [-0.15, -0.1) is 0 Å². The molecule has 0 aliphatic carbocycles. The quantitative estimate of drug-likeness (QED) is 0.850. The average Bonchev–Trinajstić information content (AvgIpc) is 2.24. The molecule has 1 aromatic carbocycles. The molecular weight excluding hydrogens is 298 g/mol. The SMILES string of the molecule is O=C(O)/C=C/c1cccc(Br)c1OCC(F)F. The fraction of sp³-hybridized carbons (Fsp3) is 0.182. The third-order valence-electron chi connectivity index (χ3n) is 1.76. The zero-order valence-electron chi connectivity index (χ0n) is 8.57. The lowest BCUT2D eigenvalue weighted by atomic mass is 10.2. The molecule has 0 aliphatic rings. The highest BCUT2D eigenvalue weighted by Gasteiger charge is 2.09. The van der Waals surface area contributed by atoms with E-state index in [1.165, 1.54) is 6.08 Å². The number of carboxylic acids is 1. The van der Waals surface area contributed by atoms with E-state index in [4.69, 9.17) is 9.84 Å². The molecule has 92 valence electrons. The van der Waals surface area contributed by atoms with Gasteiger partial charge in [0.2, 0.25) is 0 Å². The Bertz CT molecular complexity index is 433. The molecule has 0 atom stereocenters. The maximum absolute atomic E-state index is 12.0. The second kappa shape index (κ2) is 6.34. The van der Waals surface area contributed by atoms with Crippen LogP contribution in [0.3, 0.4) is 0 Å². The maximum Gasteiger partial charge on any atom is 0.328 e. The molecule has 1 N–H and O–H groups in total. The van der Waals surface area contributed by atoms with Gasteiger partial charge in [-0.25, -0.2) is 13.6 Å². The molecule has 17 heavy (non-hydrogen) atoms. The Morgan fingerprint density at radius 3 is 2.82 bits per heavy atom. The summed E-state index contributed by atoms with van der Waals surface area (Å²) in [6.07, 6.45) is -0.385. The lowest BCUT2D eigenvalue weighted by Gasteiger charge is -2.10. The Morgan fingerprint density at radius 1 is 1.53 bits per heavy atom. The van der Waals surface area contributed by atoms with Crippen molar-refractivity contribution in [3.05, 3.63) is 34.3 Å². The first-order valence-corrected chi connectivity index (χ1v) is 5.40. The number of carbonyl (C=O) groups is 1. The molecule has 0 heterocycles. The zero-order chi connectivity index (χ0) is 12.8. The fourth-order valence-corrected chi connectivity index (χ4v) is 1.61. The third kappa shape index (κ3) is 4.52. The summed E-state index contributed by atoms with van der Waals surface area (Å²) in [5.41, 5.74) is 0.419. The van der Waals surface area contributed by atoms with Crippen LogP contribution in [-0.2, 0) is 4.79 Å². The van der Waals surface area contributed by atoms with Crippen molar-refractivity contribution in [2.24, 2.45) is 0 Å². The van der Waals surface area contributed by atoms with Gasteiger partial charge in [0.1, 0.15) is 12.4 Å². The van der Waals surface area contributed by atoms with Crippen LogP contribution in [-0.4, -0.2) is 24.1 Å². The summed E-state index contributed by atoms with van der Waals surface area (Å²) in [6.45, 7) is -0.740. The lowest BCUT2D eigenvalue weighted by molar-refractivity contribution is -0.131. The first-order chi connectivity index (χ1) is 8.00. The van der Waals surface area contributed by atoms with Crippen LogP contribution in [0.5, 0.6) is 5.75 Å². The topological polar surface area (TPSA) is 46.5 Å². The molecule has 0 fully saturated rings. The van der Waals surface area contributed by atoms with Crippen LogP contribution in [0.15, 0.2) is 28.7 Å². The van der Waals surface area contributed by atoms with Crippen molar-refractivity contribution in [3.8, 4) is 5.75 Å². The molecule has 0 bridgehead atoms. The molecular formula is C11H9BrF2O3. The van der Waals surface area contributed by atoms with E-state index in [9.17, 15) is 13.6 Å². The van der Waals surface area contributed by atoms with E-state index in [1.54, 1.807) is 18.2 Å². The number of halogens is 3. The Morgan fingerprint density at radius 2 is 2.24 bits per heavy atom. The first kappa shape index (κ1) is 13.6. The molecule has 0 radical (unpaired) electrons. The minimum atomic E-state index is -2.58. The minimum Gasteiger partial charge on any atom is -0.486 e. The zero-order valence-corrected chi connectivity index (χ0v) is 10.2. The second-order valence-corrected chi connectivity index (χ2v) is 3.89. The highest BCUT2D eigenvalue weighted by molar-refractivity contribution is 9.10. The number of hydrogen-bond donors (Lipinski definition) is 1. The summed E-state index contributed by atoms with van der Waals surface area (Å²) in [7, 11) is 0. The number of hydrogen-bond acceptors (Lipinski definition) is 2. The standard InChI is InChI=1S/C11H9BrF2O3/c12-8-3-1-2-7(4-5-10(15)16)11(8)17-6-9(13)14/h1-5,9H,6H2,(H,15,16)/b5-4+. The van der Waals surface area contributed by atoms with E-state index in [0.29, 0.717) is 10.0 Å². The number of alkyl halides is 2. The van der Waals surface area contributed by atoms with E-state index in [0.717, 1.165) is 6.08 Å². The Balaban J connectivity index is 2.95. The van der Waals surface area contributed by atoms with Crippen LogP contribution >= 0.6 is 15.9 Å². The van der Waals surface area contributed by atoms with Crippen LogP contribution in [0, 0.1) is 0 Å². The highest BCUT2D eigenvalue weighted by Crippen LogP contribution is 2.30. The third-order valence-corrected chi connectivity index (χ3v) is 2.38. The summed E-state index contributed by atoms with van der Waals surface area (Å²) < 4.78 is 29.5. The van der Waals surface area contributed by atoms with E-state index >= 15 is 0 Å². The van der Waals surface area contributed by atoms with Crippen molar-refractivity contribution >= 4 is 28.0 Å². The second-order valence-electron chi connectivity index (χ2n) is 3.03. The summed E-state index contributed by atoms with van der Waals surface area (Å²) in [4.78, 5) is 10.4. The number of benzene rings is 1. The summed E-state index contributed by atoms with van der Waals surface area (Å²) in [5.74, 6) is -0.921. The summed E-state index contributed by atoms with van der Waals surface area (Å²) >= 11 is 3.15. The minimum absolute atomic E-state index is 0.199. The van der Waals surface area contributed by atoms with Gasteiger partial charge in [-0.3, -0.25) is 0 Å². The number of para-hydroxylation sites is 1. The highest BCUT2D eigenvalue weighted by atomic mass is 79.9. The van der Waals surface area contributed by atoms with E-state index in [-0.39, 0.29) is 5.75 Å². The molecule has 0 spiro atoms. The average molecular weight is 307 g/mol. The van der Waals surface area contributed by atoms with Crippen molar-refractivity contribution in [2.45, 2.75) is 6.43 Å². The van der Waals surface area contributed by atoms with Crippen LogP contribution in [0.4, 0.5) is 8.78 Å². The molecule has 0 saturated carbocycles. The molecule has 1 aromatic rings. The number of aliphatic carboxylic acids is 1. The molecule has 0 aromatic heterocycles. The van der Waals surface area contributed by atoms with Gasteiger partial charge in [-0.05, 0) is 28.1 Å². The van der Waals surface area contributed by atoms with Gasteiger partial charge in [-0.1, -0.05) is 12.1 Å². The maximum atomic E-state index is 12.0. The largest absolute Gasteiger partial charge is 0.486 e. The Kier molecular flexibility index (Phi) is 5.09. The van der Waals surface area contributed by atoms with E-state index in [2.05, 4.69) is 15.9 Å². The van der Waals surface area contributed by atoms with Gasteiger partial charge in [-0.2, -0.15) is 0 Å². The predicted molar refractivity (Wildman–Crippen MR) is 62.3 cm³/mol. The van der Waals surface area contributed by atoms with Crippen molar-refractivity contribution < 1.29 is 23.4 Å². The van der Waals surface area contributed by atoms with Crippen molar-refractivity contribution in [3.63, 3.8) is 0 Å². The van der Waals surface area contributed by atoms with Gasteiger partial charge >= 0.3 is 5.97 Å². The molecule has 6 heteroatoms. The number of rotatable bonds is 5. The first-order valence-electron chi connectivity index (χ1n) is 4.61. The van der Waals surface area contributed by atoms with Crippen LogP contribution in [0.25, 0.3) is 6.08 Å². The molecule has 0 unspecified atom stereocenters.